The molecular weight excluding hydrogens is 266 g/mol. The summed E-state index contributed by atoms with van der Waals surface area (Å²) in [7, 11) is 0. The van der Waals surface area contributed by atoms with Crippen molar-refractivity contribution in [1.29, 1.82) is 0 Å². The Morgan fingerprint density at radius 3 is 3.37 bits per heavy atom. The highest BCUT2D eigenvalue weighted by Crippen LogP contribution is 2.30. The van der Waals surface area contributed by atoms with Crippen LogP contribution < -0.4 is 5.32 Å². The lowest BCUT2D eigenvalue weighted by Gasteiger charge is -2.35. The van der Waals surface area contributed by atoms with Gasteiger partial charge in [-0.15, -0.1) is 11.3 Å². The summed E-state index contributed by atoms with van der Waals surface area (Å²) in [5.41, 5.74) is 0.153. The van der Waals surface area contributed by atoms with Crippen molar-refractivity contribution in [3.63, 3.8) is 0 Å². The zero-order valence-electron chi connectivity index (χ0n) is 10.6. The van der Waals surface area contributed by atoms with Crippen LogP contribution in [-0.2, 0) is 4.74 Å². The number of thiophene rings is 1. The van der Waals surface area contributed by atoms with E-state index in [1.54, 1.807) is 5.38 Å². The maximum atomic E-state index is 10.8. The van der Waals surface area contributed by atoms with Crippen LogP contribution in [0, 0.1) is 10.1 Å². The summed E-state index contributed by atoms with van der Waals surface area (Å²) in [5, 5.41) is 16.3. The van der Waals surface area contributed by atoms with E-state index in [0.717, 1.165) is 19.7 Å². The molecule has 3 heterocycles. The maximum absolute atomic E-state index is 10.8. The quantitative estimate of drug-likeness (QED) is 0.675. The maximum Gasteiger partial charge on any atom is 0.303 e. The topological polar surface area (TPSA) is 67.6 Å². The van der Waals surface area contributed by atoms with Gasteiger partial charge in [0, 0.05) is 25.2 Å². The summed E-state index contributed by atoms with van der Waals surface area (Å²) < 4.78 is 5.82. The zero-order chi connectivity index (χ0) is 13.2. The minimum atomic E-state index is -0.350. The molecule has 1 N–H and O–H groups in total. The number of anilines is 1. The van der Waals surface area contributed by atoms with Crippen molar-refractivity contribution >= 4 is 22.0 Å². The van der Waals surface area contributed by atoms with E-state index in [1.807, 2.05) is 0 Å². The van der Waals surface area contributed by atoms with E-state index in [0.29, 0.717) is 17.6 Å². The number of ether oxygens (including phenoxy) is 1. The molecule has 0 spiro atoms. The zero-order valence-corrected chi connectivity index (χ0v) is 11.4. The van der Waals surface area contributed by atoms with Gasteiger partial charge in [0.25, 0.3) is 0 Å². The molecule has 2 aliphatic heterocycles. The Bertz CT molecular complexity index is 465. The predicted molar refractivity (Wildman–Crippen MR) is 73.8 cm³/mol. The van der Waals surface area contributed by atoms with Crippen LogP contribution in [0.4, 0.5) is 10.7 Å². The summed E-state index contributed by atoms with van der Waals surface area (Å²) in [6, 6.07) is 2.12. The highest BCUT2D eigenvalue weighted by atomic mass is 32.1. The van der Waals surface area contributed by atoms with E-state index in [4.69, 9.17) is 4.74 Å². The lowest BCUT2D eigenvalue weighted by Crippen LogP contribution is -2.48. The van der Waals surface area contributed by atoms with Gasteiger partial charge in [-0.2, -0.15) is 0 Å². The van der Waals surface area contributed by atoms with E-state index in [1.165, 1.54) is 30.2 Å². The molecule has 2 aliphatic rings. The lowest BCUT2D eigenvalue weighted by atomic mass is 10.2. The summed E-state index contributed by atoms with van der Waals surface area (Å²) >= 11 is 1.36. The fourth-order valence-electron chi connectivity index (χ4n) is 2.79. The first kappa shape index (κ1) is 12.8. The lowest BCUT2D eigenvalue weighted by molar-refractivity contribution is -0.383. The van der Waals surface area contributed by atoms with Crippen molar-refractivity contribution in [2.75, 3.05) is 31.6 Å². The minimum Gasteiger partial charge on any atom is -0.373 e. The molecule has 1 aromatic rings. The SMILES string of the molecule is O=[N+]([O-])c1ccsc1NC[C@H]1CN2CCC[C@@H]2CO1. The second-order valence-electron chi connectivity index (χ2n) is 5.02. The average molecular weight is 283 g/mol. The summed E-state index contributed by atoms with van der Waals surface area (Å²) in [5.74, 6) is 0. The van der Waals surface area contributed by atoms with Gasteiger partial charge >= 0.3 is 5.69 Å². The number of nitrogens with one attached hydrogen (secondary N) is 1. The highest BCUT2D eigenvalue weighted by Gasteiger charge is 2.32. The van der Waals surface area contributed by atoms with Crippen molar-refractivity contribution in [3.8, 4) is 0 Å². The normalized spacial score (nSPS) is 27.2. The minimum absolute atomic E-state index is 0.121. The van der Waals surface area contributed by atoms with E-state index in [9.17, 15) is 10.1 Å². The van der Waals surface area contributed by atoms with Crippen LogP contribution in [0.25, 0.3) is 0 Å². The first-order chi connectivity index (χ1) is 9.24. The van der Waals surface area contributed by atoms with Crippen LogP contribution in [0.15, 0.2) is 11.4 Å². The van der Waals surface area contributed by atoms with Crippen LogP contribution in [0.1, 0.15) is 12.8 Å². The Morgan fingerprint density at radius 1 is 1.63 bits per heavy atom. The van der Waals surface area contributed by atoms with Crippen LogP contribution in [-0.4, -0.2) is 48.2 Å². The van der Waals surface area contributed by atoms with Crippen molar-refractivity contribution < 1.29 is 9.66 Å². The Hall–Kier alpha value is -1.18. The van der Waals surface area contributed by atoms with Gasteiger partial charge in [-0.1, -0.05) is 0 Å². The Labute approximate surface area is 115 Å². The molecule has 0 aliphatic carbocycles. The second kappa shape index (κ2) is 5.44. The standard InChI is InChI=1S/C12H17N3O3S/c16-15(17)11-3-5-19-12(11)13-6-10-7-14-4-1-2-9(14)8-18-10/h3,5,9-10,13H,1-2,4,6-8H2/t9-,10+/m1/s1. The number of hydrogen-bond donors (Lipinski definition) is 1. The molecule has 3 rings (SSSR count). The van der Waals surface area contributed by atoms with E-state index in [-0.39, 0.29) is 16.7 Å². The molecule has 104 valence electrons. The average Bonchev–Trinajstić information content (AvgIpc) is 3.04. The molecule has 6 nitrogen and oxygen atoms in total. The molecule has 0 radical (unpaired) electrons. The van der Waals surface area contributed by atoms with Gasteiger partial charge < -0.3 is 10.1 Å². The van der Waals surface area contributed by atoms with Crippen LogP contribution in [0.2, 0.25) is 0 Å². The number of nitro groups is 1. The molecule has 2 atom stereocenters. The largest absolute Gasteiger partial charge is 0.373 e. The molecule has 0 bridgehead atoms. The van der Waals surface area contributed by atoms with Gasteiger partial charge in [-0.3, -0.25) is 15.0 Å². The molecule has 0 aromatic carbocycles. The highest BCUT2D eigenvalue weighted by molar-refractivity contribution is 7.14. The van der Waals surface area contributed by atoms with Crippen LogP contribution in [0.3, 0.4) is 0 Å². The fourth-order valence-corrected chi connectivity index (χ4v) is 3.56. The fraction of sp³-hybridized carbons (Fsp3) is 0.667. The van der Waals surface area contributed by atoms with Gasteiger partial charge in [-0.05, 0) is 24.8 Å². The first-order valence-corrected chi connectivity index (χ1v) is 7.43. The summed E-state index contributed by atoms with van der Waals surface area (Å²) in [6.45, 7) is 3.50. The number of fused-ring (bicyclic) bond motifs is 1. The third kappa shape index (κ3) is 2.72. The van der Waals surface area contributed by atoms with Gasteiger partial charge in [0.15, 0.2) is 5.00 Å². The number of nitrogens with zero attached hydrogens (tertiary/aromatic N) is 2. The Kier molecular flexibility index (Phi) is 3.67. The van der Waals surface area contributed by atoms with Gasteiger partial charge in [0.2, 0.25) is 0 Å². The molecule has 2 saturated heterocycles. The monoisotopic (exact) mass is 283 g/mol. The molecule has 0 amide bonds. The number of hydrogen-bond acceptors (Lipinski definition) is 6. The Balaban J connectivity index is 1.55. The van der Waals surface area contributed by atoms with Crippen molar-refractivity contribution in [3.05, 3.63) is 21.6 Å². The molecule has 2 fully saturated rings. The van der Waals surface area contributed by atoms with Crippen LogP contribution >= 0.6 is 11.3 Å². The van der Waals surface area contributed by atoms with Crippen LogP contribution in [0.5, 0.6) is 0 Å². The van der Waals surface area contributed by atoms with Crippen molar-refractivity contribution in [2.24, 2.45) is 0 Å². The Morgan fingerprint density at radius 2 is 2.53 bits per heavy atom. The molecule has 1 aromatic heterocycles. The smallest absolute Gasteiger partial charge is 0.303 e. The number of rotatable bonds is 4. The molecule has 0 saturated carbocycles. The van der Waals surface area contributed by atoms with E-state index >= 15 is 0 Å². The predicted octanol–water partition coefficient (Wildman–Crippen LogP) is 1.93. The summed E-state index contributed by atoms with van der Waals surface area (Å²) in [6.07, 6.45) is 2.61. The molecule has 19 heavy (non-hydrogen) atoms. The third-order valence-electron chi connectivity index (χ3n) is 3.79. The molecular formula is C12H17N3O3S. The van der Waals surface area contributed by atoms with Crippen molar-refractivity contribution in [2.45, 2.75) is 25.0 Å². The number of morpholine rings is 1. The molecule has 0 unspecified atom stereocenters. The van der Waals surface area contributed by atoms with Gasteiger partial charge in [0.05, 0.1) is 17.6 Å². The first-order valence-electron chi connectivity index (χ1n) is 6.55. The summed E-state index contributed by atoms with van der Waals surface area (Å²) in [4.78, 5) is 12.9. The van der Waals surface area contributed by atoms with Gasteiger partial charge in [-0.25, -0.2) is 0 Å². The van der Waals surface area contributed by atoms with Crippen molar-refractivity contribution in [1.82, 2.24) is 4.90 Å². The van der Waals surface area contributed by atoms with Gasteiger partial charge in [0.1, 0.15) is 0 Å². The van der Waals surface area contributed by atoms with E-state index in [2.05, 4.69) is 10.2 Å². The second-order valence-corrected chi connectivity index (χ2v) is 5.94. The molecule has 7 heteroatoms. The van der Waals surface area contributed by atoms with E-state index < -0.39 is 0 Å². The third-order valence-corrected chi connectivity index (χ3v) is 4.65.